The van der Waals surface area contributed by atoms with Crippen LogP contribution in [0.1, 0.15) is 6.92 Å². The van der Waals surface area contributed by atoms with E-state index in [9.17, 15) is 9.59 Å². The minimum absolute atomic E-state index is 0.289. The summed E-state index contributed by atoms with van der Waals surface area (Å²) in [7, 11) is 0. The van der Waals surface area contributed by atoms with E-state index in [1.807, 2.05) is 31.2 Å². The zero-order valence-electron chi connectivity index (χ0n) is 14.5. The van der Waals surface area contributed by atoms with Gasteiger partial charge < -0.3 is 25.6 Å². The lowest BCUT2D eigenvalue weighted by Gasteiger charge is -2.30. The van der Waals surface area contributed by atoms with Gasteiger partial charge in [0, 0.05) is 36.9 Å². The molecule has 8 heteroatoms. The maximum absolute atomic E-state index is 12.6. The van der Waals surface area contributed by atoms with E-state index in [-0.39, 0.29) is 23.8 Å². The lowest BCUT2D eigenvalue weighted by molar-refractivity contribution is -0.114. The average Bonchev–Trinajstić information content (AvgIpc) is 3.13. The van der Waals surface area contributed by atoms with Crippen molar-refractivity contribution in [3.05, 3.63) is 47.9 Å². The van der Waals surface area contributed by atoms with E-state index in [1.165, 1.54) is 4.90 Å². The SMILES string of the molecule is CC1=CNC(=O)N2C(C(=O)Nc3ccc(N4CCOCC4)cc3)=CNC12. The van der Waals surface area contributed by atoms with Gasteiger partial charge >= 0.3 is 6.03 Å². The lowest BCUT2D eigenvalue weighted by Crippen LogP contribution is -2.50. The molecule has 3 amide bonds. The van der Waals surface area contributed by atoms with Gasteiger partial charge in [-0.15, -0.1) is 0 Å². The maximum Gasteiger partial charge on any atom is 0.328 e. The summed E-state index contributed by atoms with van der Waals surface area (Å²) in [5.74, 6) is -0.330. The Hall–Kier alpha value is -3.00. The Morgan fingerprint density at radius 2 is 1.92 bits per heavy atom. The number of hydrogen-bond donors (Lipinski definition) is 3. The highest BCUT2D eigenvalue weighted by Crippen LogP contribution is 2.24. The van der Waals surface area contributed by atoms with E-state index in [1.54, 1.807) is 12.4 Å². The number of ether oxygens (including phenoxy) is 1. The van der Waals surface area contributed by atoms with Crippen LogP contribution < -0.4 is 20.9 Å². The summed E-state index contributed by atoms with van der Waals surface area (Å²) in [4.78, 5) is 28.4. The molecule has 1 fully saturated rings. The number of hydrogen-bond acceptors (Lipinski definition) is 5. The van der Waals surface area contributed by atoms with Gasteiger partial charge in [-0.25, -0.2) is 4.79 Å². The Labute approximate surface area is 151 Å². The number of nitrogens with one attached hydrogen (secondary N) is 3. The smallest absolute Gasteiger partial charge is 0.328 e. The summed E-state index contributed by atoms with van der Waals surface area (Å²) < 4.78 is 5.36. The largest absolute Gasteiger partial charge is 0.378 e. The van der Waals surface area contributed by atoms with Crippen LogP contribution in [0.2, 0.25) is 0 Å². The summed E-state index contributed by atoms with van der Waals surface area (Å²) in [5.41, 5.74) is 3.00. The van der Waals surface area contributed by atoms with Gasteiger partial charge in [-0.3, -0.25) is 9.69 Å². The third-order valence-electron chi connectivity index (χ3n) is 4.70. The van der Waals surface area contributed by atoms with Crippen LogP contribution in [0.3, 0.4) is 0 Å². The summed E-state index contributed by atoms with van der Waals surface area (Å²) in [5, 5.41) is 8.56. The monoisotopic (exact) mass is 355 g/mol. The van der Waals surface area contributed by atoms with Crippen LogP contribution in [0.5, 0.6) is 0 Å². The molecule has 4 rings (SSSR count). The molecule has 1 aromatic rings. The number of carbonyl (C=O) groups is 2. The Kier molecular flexibility index (Phi) is 4.26. The van der Waals surface area contributed by atoms with Crippen molar-refractivity contribution in [2.45, 2.75) is 13.1 Å². The number of fused-ring (bicyclic) bond motifs is 1. The second kappa shape index (κ2) is 6.72. The lowest BCUT2D eigenvalue weighted by atomic mass is 10.2. The Balaban J connectivity index is 1.43. The molecule has 3 N–H and O–H groups in total. The van der Waals surface area contributed by atoms with Crippen molar-refractivity contribution < 1.29 is 14.3 Å². The van der Waals surface area contributed by atoms with Gasteiger partial charge in [-0.2, -0.15) is 0 Å². The zero-order chi connectivity index (χ0) is 18.1. The van der Waals surface area contributed by atoms with Crippen molar-refractivity contribution in [3.63, 3.8) is 0 Å². The molecule has 8 nitrogen and oxygen atoms in total. The molecule has 0 saturated carbocycles. The highest BCUT2D eigenvalue weighted by atomic mass is 16.5. The van der Waals surface area contributed by atoms with E-state index in [0.717, 1.165) is 37.6 Å². The Morgan fingerprint density at radius 1 is 1.19 bits per heavy atom. The molecule has 0 radical (unpaired) electrons. The standard InChI is InChI=1S/C18H21N5O3/c1-12-10-20-18(25)23-15(11-19-16(12)23)17(24)21-13-2-4-14(5-3-13)22-6-8-26-9-7-22/h2-5,10-11,16,19H,6-9H2,1H3,(H,20,25)(H,21,24). The van der Waals surface area contributed by atoms with Crippen LogP contribution in [0.4, 0.5) is 16.2 Å². The van der Waals surface area contributed by atoms with Gasteiger partial charge in [0.2, 0.25) is 0 Å². The first kappa shape index (κ1) is 16.5. The van der Waals surface area contributed by atoms with Gasteiger partial charge in [-0.1, -0.05) is 0 Å². The van der Waals surface area contributed by atoms with Crippen LogP contribution in [0.15, 0.2) is 47.9 Å². The van der Waals surface area contributed by atoms with Gasteiger partial charge in [0.1, 0.15) is 11.9 Å². The van der Waals surface area contributed by atoms with E-state index >= 15 is 0 Å². The van der Waals surface area contributed by atoms with Gasteiger partial charge in [0.05, 0.1) is 13.2 Å². The fraction of sp³-hybridized carbons (Fsp3) is 0.333. The molecule has 26 heavy (non-hydrogen) atoms. The second-order valence-electron chi connectivity index (χ2n) is 6.41. The van der Waals surface area contributed by atoms with Crippen LogP contribution in [0.25, 0.3) is 0 Å². The fourth-order valence-corrected chi connectivity index (χ4v) is 3.27. The van der Waals surface area contributed by atoms with Crippen molar-refractivity contribution in [3.8, 4) is 0 Å². The number of amides is 3. The normalized spacial score (nSPS) is 22.0. The molecule has 136 valence electrons. The maximum atomic E-state index is 12.6. The molecule has 1 aromatic carbocycles. The number of nitrogens with zero attached hydrogens (tertiary/aromatic N) is 2. The van der Waals surface area contributed by atoms with Crippen LogP contribution in [-0.4, -0.2) is 49.3 Å². The molecule has 1 saturated heterocycles. The number of rotatable bonds is 3. The minimum atomic E-state index is -0.330. The van der Waals surface area contributed by atoms with Gasteiger partial charge in [0.25, 0.3) is 5.91 Å². The van der Waals surface area contributed by atoms with E-state index < -0.39 is 0 Å². The van der Waals surface area contributed by atoms with Crippen molar-refractivity contribution in [1.29, 1.82) is 0 Å². The molecular weight excluding hydrogens is 334 g/mol. The van der Waals surface area contributed by atoms with E-state index in [4.69, 9.17) is 4.74 Å². The molecule has 1 unspecified atom stereocenters. The van der Waals surface area contributed by atoms with Gasteiger partial charge in [-0.05, 0) is 36.8 Å². The Morgan fingerprint density at radius 3 is 2.65 bits per heavy atom. The van der Waals surface area contributed by atoms with E-state index in [2.05, 4.69) is 20.9 Å². The predicted octanol–water partition coefficient (Wildman–Crippen LogP) is 1.16. The molecule has 0 bridgehead atoms. The summed E-state index contributed by atoms with van der Waals surface area (Å²) >= 11 is 0. The molecule has 3 aliphatic heterocycles. The number of anilines is 2. The number of morpholine rings is 1. The molecule has 1 atom stereocenters. The third kappa shape index (κ3) is 2.99. The van der Waals surface area contributed by atoms with Crippen molar-refractivity contribution in [2.24, 2.45) is 0 Å². The molecule has 3 heterocycles. The topological polar surface area (TPSA) is 85.9 Å². The number of urea groups is 1. The van der Waals surface area contributed by atoms with Crippen molar-refractivity contribution in [2.75, 3.05) is 36.5 Å². The predicted molar refractivity (Wildman–Crippen MR) is 97.2 cm³/mol. The van der Waals surface area contributed by atoms with E-state index in [0.29, 0.717) is 5.69 Å². The van der Waals surface area contributed by atoms with Gasteiger partial charge in [0.15, 0.2) is 0 Å². The van der Waals surface area contributed by atoms with Crippen LogP contribution in [0, 0.1) is 0 Å². The highest BCUT2D eigenvalue weighted by Gasteiger charge is 2.37. The first-order valence-corrected chi connectivity index (χ1v) is 8.60. The Bertz CT molecular complexity index is 781. The zero-order valence-corrected chi connectivity index (χ0v) is 14.5. The highest BCUT2D eigenvalue weighted by molar-refractivity contribution is 6.06. The molecule has 0 spiro atoms. The summed E-state index contributed by atoms with van der Waals surface area (Å²) in [6, 6.07) is 7.36. The molecular formula is C18H21N5O3. The summed E-state index contributed by atoms with van der Waals surface area (Å²) in [6.45, 7) is 5.08. The fourth-order valence-electron chi connectivity index (χ4n) is 3.27. The quantitative estimate of drug-likeness (QED) is 0.758. The number of carbonyl (C=O) groups excluding carboxylic acids is 2. The van der Waals surface area contributed by atoms with Crippen molar-refractivity contribution in [1.82, 2.24) is 15.5 Å². The average molecular weight is 355 g/mol. The third-order valence-corrected chi connectivity index (χ3v) is 4.70. The second-order valence-corrected chi connectivity index (χ2v) is 6.41. The van der Waals surface area contributed by atoms with Crippen molar-refractivity contribution >= 4 is 23.3 Å². The molecule has 3 aliphatic rings. The molecule has 0 aromatic heterocycles. The number of benzene rings is 1. The summed E-state index contributed by atoms with van der Waals surface area (Å²) in [6.07, 6.45) is 2.91. The molecule has 0 aliphatic carbocycles. The first-order valence-electron chi connectivity index (χ1n) is 8.60. The minimum Gasteiger partial charge on any atom is -0.378 e. The van der Waals surface area contributed by atoms with Crippen LogP contribution >= 0.6 is 0 Å². The van der Waals surface area contributed by atoms with Crippen LogP contribution in [-0.2, 0) is 9.53 Å². The first-order chi connectivity index (χ1) is 12.6.